The highest BCUT2D eigenvalue weighted by molar-refractivity contribution is 9.10. The zero-order valence-electron chi connectivity index (χ0n) is 17.5. The molecule has 0 saturated carbocycles. The number of hydrogen-bond donors (Lipinski definition) is 1. The monoisotopic (exact) mass is 473 g/mol. The quantitative estimate of drug-likeness (QED) is 0.610. The van der Waals surface area contributed by atoms with Crippen LogP contribution in [0, 0.1) is 5.92 Å². The summed E-state index contributed by atoms with van der Waals surface area (Å²) < 4.78 is 11.9. The van der Waals surface area contributed by atoms with Gasteiger partial charge in [-0.05, 0) is 66.6 Å². The Morgan fingerprint density at radius 2 is 1.73 bits per heavy atom. The van der Waals surface area contributed by atoms with Crippen LogP contribution in [0.15, 0.2) is 34.8 Å². The van der Waals surface area contributed by atoms with E-state index in [0.29, 0.717) is 11.5 Å². The Morgan fingerprint density at radius 3 is 2.27 bits per heavy atom. The fourth-order valence-electron chi connectivity index (χ4n) is 4.34. The van der Waals surface area contributed by atoms with Crippen molar-refractivity contribution >= 4 is 21.7 Å². The maximum Gasteiger partial charge on any atom is 0.167 e. The van der Waals surface area contributed by atoms with Crippen LogP contribution in [0.2, 0.25) is 0 Å². The molecule has 5 rings (SSSR count). The fraction of sp³-hybridized carbons (Fsp3) is 0.458. The molecule has 1 atom stereocenters. The molecule has 5 nitrogen and oxygen atoms in total. The van der Waals surface area contributed by atoms with E-state index >= 15 is 0 Å². The lowest BCUT2D eigenvalue weighted by molar-refractivity contribution is 0.0659. The van der Waals surface area contributed by atoms with Crippen LogP contribution in [-0.4, -0.2) is 55.7 Å². The number of aliphatic hydroxyl groups is 1. The first kappa shape index (κ1) is 21.3. The Hall–Kier alpha value is -1.89. The Labute approximate surface area is 186 Å². The van der Waals surface area contributed by atoms with Gasteiger partial charge in [0.2, 0.25) is 0 Å². The lowest BCUT2D eigenvalue weighted by Gasteiger charge is -2.33. The Balaban J connectivity index is 0.000000259. The lowest BCUT2D eigenvalue weighted by atomic mass is 9.82. The van der Waals surface area contributed by atoms with Crippen molar-refractivity contribution in [3.63, 3.8) is 0 Å². The summed E-state index contributed by atoms with van der Waals surface area (Å²) in [5, 5.41) is 9.60. The molecule has 1 aromatic carbocycles. The van der Waals surface area contributed by atoms with Gasteiger partial charge in [-0.1, -0.05) is 22.0 Å². The van der Waals surface area contributed by atoms with Gasteiger partial charge in [-0.2, -0.15) is 0 Å². The number of aliphatic hydroxyl groups excluding tert-OH is 1. The summed E-state index contributed by atoms with van der Waals surface area (Å²) >= 11 is 3.39. The molecule has 1 N–H and O–H groups in total. The molecule has 0 radical (unpaired) electrons. The number of benzene rings is 2. The second-order valence-electron chi connectivity index (χ2n) is 8.19. The smallest absolute Gasteiger partial charge is 0.167 e. The minimum absolute atomic E-state index is 0.0378. The van der Waals surface area contributed by atoms with Gasteiger partial charge in [-0.15, -0.1) is 0 Å². The number of rotatable bonds is 4. The number of aryl methyl sites for hydroxylation is 1. The third-order valence-corrected chi connectivity index (χ3v) is 6.93. The number of carbonyl (C=O) groups excluding carboxylic acids is 1. The number of methoxy groups -OCH3 is 2. The van der Waals surface area contributed by atoms with Crippen LogP contribution in [-0.2, 0) is 6.42 Å². The molecule has 0 aromatic heterocycles. The average Bonchev–Trinajstić information content (AvgIpc) is 3.47. The van der Waals surface area contributed by atoms with Gasteiger partial charge in [0.1, 0.15) is 0 Å². The fourth-order valence-corrected chi connectivity index (χ4v) is 4.82. The van der Waals surface area contributed by atoms with Crippen LogP contribution < -0.4 is 9.47 Å². The number of fused-ring (bicyclic) bond motifs is 2. The zero-order valence-corrected chi connectivity index (χ0v) is 19.1. The normalized spacial score (nSPS) is 20.1. The van der Waals surface area contributed by atoms with Crippen molar-refractivity contribution in [2.24, 2.45) is 5.92 Å². The molecule has 0 amide bonds. The second-order valence-corrected chi connectivity index (χ2v) is 9.04. The maximum absolute atomic E-state index is 12.9. The summed E-state index contributed by atoms with van der Waals surface area (Å²) in [6.07, 6.45) is 3.21. The minimum Gasteiger partial charge on any atom is -0.493 e. The number of carbonyl (C=O) groups is 1. The van der Waals surface area contributed by atoms with Gasteiger partial charge < -0.3 is 19.5 Å². The highest BCUT2D eigenvalue weighted by Crippen LogP contribution is 2.41. The van der Waals surface area contributed by atoms with Crippen molar-refractivity contribution < 1.29 is 19.4 Å². The van der Waals surface area contributed by atoms with E-state index in [1.54, 1.807) is 14.2 Å². The predicted molar refractivity (Wildman–Crippen MR) is 121 cm³/mol. The first-order chi connectivity index (χ1) is 14.5. The number of halogens is 1. The van der Waals surface area contributed by atoms with Crippen LogP contribution in [0.1, 0.15) is 35.2 Å². The Morgan fingerprint density at radius 1 is 1.03 bits per heavy atom. The highest BCUT2D eigenvalue weighted by Gasteiger charge is 2.31. The Kier molecular flexibility index (Phi) is 6.46. The molecule has 6 heteroatoms. The predicted octanol–water partition coefficient (Wildman–Crippen LogP) is 4.34. The number of ether oxygens (including phenoxy) is 2. The molecule has 1 fully saturated rings. The van der Waals surface area contributed by atoms with Gasteiger partial charge >= 0.3 is 0 Å². The van der Waals surface area contributed by atoms with Gasteiger partial charge in [0.25, 0.3) is 0 Å². The molecule has 1 heterocycles. The summed E-state index contributed by atoms with van der Waals surface area (Å²) in [7, 11) is 3.20. The number of hydrogen-bond acceptors (Lipinski definition) is 5. The van der Waals surface area contributed by atoms with Gasteiger partial charge in [0, 0.05) is 35.6 Å². The highest BCUT2D eigenvalue weighted by atomic mass is 79.9. The van der Waals surface area contributed by atoms with Crippen LogP contribution in [0.3, 0.4) is 0 Å². The number of likely N-dealkylation sites (tertiary alicyclic amines) is 1. The molecular formula is C24H28BrNO4. The van der Waals surface area contributed by atoms with Crippen molar-refractivity contribution in [2.45, 2.75) is 31.8 Å². The van der Waals surface area contributed by atoms with E-state index in [-0.39, 0.29) is 17.8 Å². The van der Waals surface area contributed by atoms with E-state index < -0.39 is 0 Å². The lowest BCUT2D eigenvalue weighted by Crippen LogP contribution is -2.41. The van der Waals surface area contributed by atoms with Crippen molar-refractivity contribution in [2.75, 3.05) is 33.9 Å². The minimum atomic E-state index is -0.175. The molecule has 0 spiro atoms. The molecule has 160 valence electrons. The molecular weight excluding hydrogens is 446 g/mol. The topological polar surface area (TPSA) is 59.0 Å². The first-order valence-corrected chi connectivity index (χ1v) is 11.3. The van der Waals surface area contributed by atoms with E-state index in [4.69, 9.17) is 9.47 Å². The van der Waals surface area contributed by atoms with Crippen molar-refractivity contribution in [3.8, 4) is 22.6 Å². The number of nitrogens with zero attached hydrogens (tertiary/aromatic N) is 1. The van der Waals surface area contributed by atoms with Crippen LogP contribution in [0.4, 0.5) is 0 Å². The maximum atomic E-state index is 12.9. The third-order valence-electron chi connectivity index (χ3n) is 6.24. The van der Waals surface area contributed by atoms with E-state index in [1.165, 1.54) is 15.6 Å². The molecule has 30 heavy (non-hydrogen) atoms. The van der Waals surface area contributed by atoms with E-state index in [9.17, 15) is 9.90 Å². The molecule has 1 aromatic rings. The summed E-state index contributed by atoms with van der Waals surface area (Å²) in [5.41, 5.74) is 4.61. The van der Waals surface area contributed by atoms with Gasteiger partial charge in [0.05, 0.1) is 20.3 Å². The SMILES string of the molecule is Brc1ccc2cc1-2.COc1cc2c(cc1OC)C(=O)C(CN1CCC(O)CC1)CC2. The molecule has 0 bridgehead atoms. The van der Waals surface area contributed by atoms with Crippen molar-refractivity contribution in [1.82, 2.24) is 4.90 Å². The first-order valence-electron chi connectivity index (χ1n) is 10.5. The van der Waals surface area contributed by atoms with Crippen molar-refractivity contribution in [3.05, 3.63) is 45.9 Å². The van der Waals surface area contributed by atoms with E-state index in [1.807, 2.05) is 12.1 Å². The van der Waals surface area contributed by atoms with Gasteiger partial charge in [-0.25, -0.2) is 0 Å². The van der Waals surface area contributed by atoms with Crippen LogP contribution in [0.5, 0.6) is 11.5 Å². The third kappa shape index (κ3) is 4.56. The number of Topliss-reactive ketones (excluding diaryl/α,β-unsaturated/α-hetero) is 1. The second kappa shape index (κ2) is 9.08. The van der Waals surface area contributed by atoms with Gasteiger partial charge in [0.15, 0.2) is 17.3 Å². The summed E-state index contributed by atoms with van der Waals surface area (Å²) in [6.45, 7) is 2.55. The van der Waals surface area contributed by atoms with Crippen LogP contribution in [0.25, 0.3) is 11.1 Å². The van der Waals surface area contributed by atoms with Gasteiger partial charge in [-0.3, -0.25) is 4.79 Å². The Bertz CT molecular complexity index is 937. The van der Waals surface area contributed by atoms with E-state index in [2.05, 4.69) is 39.0 Å². The summed E-state index contributed by atoms with van der Waals surface area (Å²) in [5.74, 6) is 1.54. The number of piperidine rings is 1. The molecule has 4 aliphatic rings. The average molecular weight is 474 g/mol. The molecule has 3 aliphatic carbocycles. The summed E-state index contributed by atoms with van der Waals surface area (Å²) in [6, 6.07) is 10.1. The molecule has 1 unspecified atom stereocenters. The number of ketones is 1. The van der Waals surface area contributed by atoms with Crippen molar-refractivity contribution in [1.29, 1.82) is 0 Å². The largest absolute Gasteiger partial charge is 0.493 e. The van der Waals surface area contributed by atoms with Crippen LogP contribution >= 0.6 is 15.9 Å². The molecule has 1 saturated heterocycles. The standard InChI is InChI=1S/C18H25NO4.C6H3Br/c1-22-16-9-12-3-4-13(11-19-7-5-14(20)6-8-19)18(21)15(12)10-17(16)23-2;7-6-2-1-4-3-5(4)6/h9-10,13-14,20H,3-8,11H2,1-2H3;1-3H. The van der Waals surface area contributed by atoms with E-state index in [0.717, 1.165) is 56.4 Å². The zero-order chi connectivity index (χ0) is 21.3. The molecule has 1 aliphatic heterocycles. The summed E-state index contributed by atoms with van der Waals surface area (Å²) in [4.78, 5) is 15.2.